The standard InChI is InChI=1S/C29H31N2O.C29H25N2.C29H33N2/c1-18(2)23-17-24-22-13-9-10-14-25(22)32-28(24)26(19(3)4)27(23)31-16-15-30(6)29(31)21-12-8-7-11-20(21)5;1-22-12-9-10-17-25(22)29-30(2)20-21-31(29)28-26(23-13-5-3-6-14-23)18-11-19-27(28)24-15-7-4-8-16-24;1-20(2)26-18-24(23-13-8-7-9-14-23)19-27(21(3)4)28(26)31-17-16-30(6)29(31)25-15-11-10-12-22(25)5/h7-19H,1-6H3;3-21H,1-2H3;7-21H,1-6H3/q3*+1. The average Bonchev–Trinajstić information content (AvgIpc) is 1.54. The van der Waals surface area contributed by atoms with E-state index in [1.807, 2.05) is 6.07 Å². The summed E-state index contributed by atoms with van der Waals surface area (Å²) in [4.78, 5) is 0. The Labute approximate surface area is 556 Å². The van der Waals surface area contributed by atoms with E-state index in [0.717, 1.165) is 11.2 Å². The van der Waals surface area contributed by atoms with E-state index in [0.29, 0.717) is 23.7 Å². The summed E-state index contributed by atoms with van der Waals surface area (Å²) in [5.74, 6) is 5.07. The molecule has 14 aromatic rings. The number of rotatable bonds is 13. The molecule has 7 nitrogen and oxygen atoms in total. The van der Waals surface area contributed by atoms with Crippen molar-refractivity contribution in [3.63, 3.8) is 0 Å². The number of hydrogen-bond acceptors (Lipinski definition) is 1. The van der Waals surface area contributed by atoms with Gasteiger partial charge >= 0.3 is 0 Å². The third-order valence-corrected chi connectivity index (χ3v) is 18.5. The van der Waals surface area contributed by atoms with Crippen LogP contribution in [0.1, 0.15) is 118 Å². The maximum atomic E-state index is 6.50. The van der Waals surface area contributed by atoms with Crippen molar-refractivity contribution in [2.24, 2.45) is 21.1 Å². The first-order valence-corrected chi connectivity index (χ1v) is 33.4. The van der Waals surface area contributed by atoms with E-state index in [1.54, 1.807) is 0 Å². The first-order valence-electron chi connectivity index (χ1n) is 33.4. The number of nitrogens with zero attached hydrogens (tertiary/aromatic N) is 6. The van der Waals surface area contributed by atoms with E-state index in [4.69, 9.17) is 4.42 Å². The molecule has 14 rings (SSSR count). The van der Waals surface area contributed by atoms with Crippen LogP contribution < -0.4 is 13.7 Å². The molecule has 94 heavy (non-hydrogen) atoms. The molecule has 10 aromatic carbocycles. The second-order valence-corrected chi connectivity index (χ2v) is 26.4. The van der Waals surface area contributed by atoms with Crippen molar-refractivity contribution >= 4 is 21.9 Å². The minimum Gasteiger partial charge on any atom is -0.456 e. The number of imidazole rings is 3. The van der Waals surface area contributed by atoms with Crippen molar-refractivity contribution < 1.29 is 18.1 Å². The summed E-state index contributed by atoms with van der Waals surface area (Å²) >= 11 is 0. The summed E-state index contributed by atoms with van der Waals surface area (Å²) < 4.78 is 20.3. The molecule has 7 heteroatoms. The number of para-hydroxylation sites is 2. The highest BCUT2D eigenvalue weighted by Gasteiger charge is 2.32. The second-order valence-electron chi connectivity index (χ2n) is 26.4. The van der Waals surface area contributed by atoms with Gasteiger partial charge in [-0.15, -0.1) is 0 Å². The molecule has 0 aliphatic heterocycles. The molecule has 0 saturated carbocycles. The Balaban J connectivity index is 0.000000135. The van der Waals surface area contributed by atoms with Crippen LogP contribution >= 0.6 is 0 Å². The van der Waals surface area contributed by atoms with E-state index >= 15 is 0 Å². The summed E-state index contributed by atoms with van der Waals surface area (Å²) in [5.41, 5.74) is 26.1. The molecule has 0 N–H and O–H groups in total. The van der Waals surface area contributed by atoms with Crippen molar-refractivity contribution in [2.45, 2.75) is 99.8 Å². The highest BCUT2D eigenvalue weighted by Crippen LogP contribution is 2.44. The molecule has 0 amide bonds. The highest BCUT2D eigenvalue weighted by atomic mass is 16.3. The van der Waals surface area contributed by atoms with E-state index in [1.165, 1.54) is 134 Å². The van der Waals surface area contributed by atoms with Gasteiger partial charge in [-0.1, -0.05) is 237 Å². The van der Waals surface area contributed by atoms with Gasteiger partial charge in [0.05, 0.1) is 37.8 Å². The molecule has 0 saturated heterocycles. The summed E-state index contributed by atoms with van der Waals surface area (Å²) in [5, 5.41) is 2.40. The van der Waals surface area contributed by atoms with Crippen molar-refractivity contribution in [1.29, 1.82) is 0 Å². The van der Waals surface area contributed by atoms with Crippen LogP contribution in [0.5, 0.6) is 0 Å². The number of benzene rings is 10. The van der Waals surface area contributed by atoms with Gasteiger partial charge in [-0.25, -0.2) is 13.7 Å². The van der Waals surface area contributed by atoms with Crippen LogP contribution in [0, 0.1) is 20.8 Å². The number of fused-ring (bicyclic) bond motifs is 3. The molecule has 4 aromatic heterocycles. The predicted molar refractivity (Wildman–Crippen MR) is 391 cm³/mol. The van der Waals surface area contributed by atoms with E-state index in [-0.39, 0.29) is 0 Å². The zero-order valence-corrected chi connectivity index (χ0v) is 57.2. The Morgan fingerprint density at radius 1 is 0.309 bits per heavy atom. The maximum absolute atomic E-state index is 6.50. The number of aryl methyl sites for hydroxylation is 6. The smallest absolute Gasteiger partial charge is 0.294 e. The van der Waals surface area contributed by atoms with Crippen molar-refractivity contribution in [3.8, 4) is 84.6 Å². The first kappa shape index (κ1) is 63.8. The topological polar surface area (TPSA) is 39.6 Å². The highest BCUT2D eigenvalue weighted by molar-refractivity contribution is 6.07. The monoisotopic (exact) mass is 1230 g/mol. The third-order valence-electron chi connectivity index (χ3n) is 18.5. The van der Waals surface area contributed by atoms with Crippen LogP contribution in [0.2, 0.25) is 0 Å². The normalized spacial score (nSPS) is 11.5. The van der Waals surface area contributed by atoms with Crippen molar-refractivity contribution in [2.75, 3.05) is 0 Å². The Morgan fingerprint density at radius 2 is 0.660 bits per heavy atom. The Kier molecular flexibility index (Phi) is 18.6. The van der Waals surface area contributed by atoms with Crippen molar-refractivity contribution in [1.82, 2.24) is 13.7 Å². The quantitative estimate of drug-likeness (QED) is 0.106. The molecular weight excluding hydrogens is 1140 g/mol. The summed E-state index contributed by atoms with van der Waals surface area (Å²) in [7, 11) is 6.38. The van der Waals surface area contributed by atoms with Crippen LogP contribution in [0.4, 0.5) is 0 Å². The van der Waals surface area contributed by atoms with E-state index in [9.17, 15) is 0 Å². The summed E-state index contributed by atoms with van der Waals surface area (Å²) in [6, 6.07) is 80.0. The number of hydrogen-bond donors (Lipinski definition) is 0. The molecule has 0 atom stereocenters. The third kappa shape index (κ3) is 12.4. The largest absolute Gasteiger partial charge is 0.456 e. The van der Waals surface area contributed by atoms with Crippen LogP contribution in [-0.4, -0.2) is 13.7 Å². The fraction of sp³-hybridized carbons (Fsp3) is 0.207. The van der Waals surface area contributed by atoms with Gasteiger partial charge in [-0.2, -0.15) is 13.7 Å². The lowest BCUT2D eigenvalue weighted by molar-refractivity contribution is -0.659. The Bertz CT molecular complexity index is 4890. The molecule has 0 spiro atoms. The van der Waals surface area contributed by atoms with Gasteiger partial charge in [0, 0.05) is 44.2 Å². The number of aromatic nitrogens is 6. The molecule has 0 unspecified atom stereocenters. The van der Waals surface area contributed by atoms with Crippen LogP contribution in [-0.2, 0) is 21.1 Å². The molecule has 0 aliphatic carbocycles. The molecule has 470 valence electrons. The second kappa shape index (κ2) is 27.4. The van der Waals surface area contributed by atoms with Gasteiger partial charge in [0.2, 0.25) is 0 Å². The fourth-order valence-electron chi connectivity index (χ4n) is 13.7. The van der Waals surface area contributed by atoms with Gasteiger partial charge in [-0.3, -0.25) is 0 Å². The van der Waals surface area contributed by atoms with E-state index in [2.05, 4.69) is 380 Å². The van der Waals surface area contributed by atoms with Gasteiger partial charge in [-0.05, 0) is 126 Å². The SMILES string of the molecule is Cc1ccccc1-c1n(-c2c(-c3ccccc3)cccc2-c2ccccc2)cc[n+]1C.Cc1ccccc1-c1n(-c2c(C(C)C)cc(-c3ccccc3)cc2C(C)C)cc[n+]1C.Cc1ccccc1-c1n(-c2c(C(C)C)cc3c(oc4ccccc43)c2C(C)C)cc[n+]1C. The maximum Gasteiger partial charge on any atom is 0.294 e. The molecule has 0 radical (unpaired) electrons. The molecule has 4 heterocycles. The summed E-state index contributed by atoms with van der Waals surface area (Å²) in [6.45, 7) is 24.9. The minimum atomic E-state index is 0.309. The average molecular weight is 1230 g/mol. The lowest BCUT2D eigenvalue weighted by Gasteiger charge is -2.20. The molecule has 0 fully saturated rings. The zero-order valence-electron chi connectivity index (χ0n) is 57.2. The molecular formula is C87H89N6O+3. The number of furan rings is 1. The van der Waals surface area contributed by atoms with E-state index < -0.39 is 0 Å². The Morgan fingerprint density at radius 3 is 1.07 bits per heavy atom. The molecule has 0 aliphatic rings. The predicted octanol–water partition coefficient (Wildman–Crippen LogP) is 21.2. The lowest BCUT2D eigenvalue weighted by atomic mass is 9.88. The minimum absolute atomic E-state index is 0.309. The van der Waals surface area contributed by atoms with Gasteiger partial charge < -0.3 is 4.42 Å². The van der Waals surface area contributed by atoms with Crippen LogP contribution in [0.3, 0.4) is 0 Å². The van der Waals surface area contributed by atoms with Gasteiger partial charge in [0.15, 0.2) is 0 Å². The molecule has 0 bridgehead atoms. The van der Waals surface area contributed by atoms with Gasteiger partial charge in [0.1, 0.15) is 65.4 Å². The first-order chi connectivity index (χ1) is 45.5. The zero-order chi connectivity index (χ0) is 65.9. The van der Waals surface area contributed by atoms with Crippen LogP contribution in [0.25, 0.3) is 107 Å². The lowest BCUT2D eigenvalue weighted by Crippen LogP contribution is -2.29. The fourth-order valence-corrected chi connectivity index (χ4v) is 13.7. The Hall–Kier alpha value is -10.4. The van der Waals surface area contributed by atoms with Crippen LogP contribution in [0.15, 0.2) is 266 Å². The van der Waals surface area contributed by atoms with Crippen molar-refractivity contribution in [3.05, 3.63) is 301 Å². The summed E-state index contributed by atoms with van der Waals surface area (Å²) in [6.07, 6.45) is 13.1. The van der Waals surface area contributed by atoms with Gasteiger partial charge in [0.25, 0.3) is 17.5 Å².